The first-order valence-corrected chi connectivity index (χ1v) is 11.7. The monoisotopic (exact) mass is 454 g/mol. The molecule has 3 aromatic carbocycles. The van der Waals surface area contributed by atoms with Crippen molar-refractivity contribution in [3.8, 4) is 5.75 Å². The van der Waals surface area contributed by atoms with Crippen molar-refractivity contribution < 1.29 is 14.3 Å². The van der Waals surface area contributed by atoms with Crippen molar-refractivity contribution in [3.05, 3.63) is 95.2 Å². The van der Waals surface area contributed by atoms with Gasteiger partial charge >= 0.3 is 0 Å². The van der Waals surface area contributed by atoms with Gasteiger partial charge in [0.2, 0.25) is 0 Å². The molecule has 0 fully saturated rings. The average Bonchev–Trinajstić information content (AvgIpc) is 3.07. The number of hydrogen-bond acceptors (Lipinski definition) is 4. The van der Waals surface area contributed by atoms with E-state index in [0.717, 1.165) is 17.5 Å². The van der Waals surface area contributed by atoms with Crippen molar-refractivity contribution >= 4 is 28.8 Å². The molecule has 0 unspecified atom stereocenters. The van der Waals surface area contributed by atoms with Crippen LogP contribution in [0.25, 0.3) is 5.57 Å². The van der Waals surface area contributed by atoms with Crippen molar-refractivity contribution in [2.75, 3.05) is 16.8 Å². The molecule has 1 aliphatic heterocycles. The highest BCUT2D eigenvalue weighted by molar-refractivity contribution is 6.46. The van der Waals surface area contributed by atoms with Crippen LogP contribution in [-0.4, -0.2) is 18.4 Å². The molecule has 0 saturated carbocycles. The fraction of sp³-hybridized carbons (Fsp3) is 0.241. The van der Waals surface area contributed by atoms with Crippen molar-refractivity contribution in [1.82, 2.24) is 0 Å². The van der Waals surface area contributed by atoms with Crippen molar-refractivity contribution in [2.24, 2.45) is 0 Å². The fourth-order valence-electron chi connectivity index (χ4n) is 3.90. The summed E-state index contributed by atoms with van der Waals surface area (Å²) in [5.41, 5.74) is 4.79. The van der Waals surface area contributed by atoms with E-state index in [1.165, 1.54) is 4.90 Å². The molecule has 0 aliphatic carbocycles. The first-order chi connectivity index (χ1) is 16.4. The van der Waals surface area contributed by atoms with Crippen LogP contribution in [0.2, 0.25) is 0 Å². The number of benzene rings is 3. The number of hydrogen-bond donors (Lipinski definition) is 1. The van der Waals surface area contributed by atoms with E-state index in [0.29, 0.717) is 40.8 Å². The molecule has 1 N–H and O–H groups in total. The van der Waals surface area contributed by atoms with Crippen LogP contribution in [0.1, 0.15) is 49.8 Å². The molecule has 5 heteroatoms. The number of nitrogens with zero attached hydrogens (tertiary/aromatic N) is 1. The number of rotatable bonds is 8. The lowest BCUT2D eigenvalue weighted by Crippen LogP contribution is -2.32. The summed E-state index contributed by atoms with van der Waals surface area (Å²) < 4.78 is 5.74. The van der Waals surface area contributed by atoms with Crippen molar-refractivity contribution in [1.29, 1.82) is 0 Å². The minimum absolute atomic E-state index is 0.259. The molecule has 0 bridgehead atoms. The molecule has 1 aliphatic rings. The van der Waals surface area contributed by atoms with Gasteiger partial charge in [-0.05, 0) is 54.7 Å². The molecule has 0 saturated heterocycles. The van der Waals surface area contributed by atoms with E-state index >= 15 is 0 Å². The lowest BCUT2D eigenvalue weighted by atomic mass is 10.0. The van der Waals surface area contributed by atoms with Gasteiger partial charge in [-0.25, -0.2) is 4.90 Å². The van der Waals surface area contributed by atoms with Gasteiger partial charge in [-0.1, -0.05) is 68.8 Å². The summed E-state index contributed by atoms with van der Waals surface area (Å²) in [5, 5.41) is 3.22. The Morgan fingerprint density at radius 1 is 0.912 bits per heavy atom. The second-order valence-corrected chi connectivity index (χ2v) is 8.81. The zero-order valence-corrected chi connectivity index (χ0v) is 20.1. The zero-order valence-electron chi connectivity index (χ0n) is 20.1. The van der Waals surface area contributed by atoms with Crippen LogP contribution in [0, 0.1) is 6.92 Å². The maximum atomic E-state index is 13.6. The van der Waals surface area contributed by atoms with Gasteiger partial charge in [-0.3, -0.25) is 9.59 Å². The standard InChI is InChI=1S/C29H30N2O3/c1-5-17-34-25-8-6-7-23(18-25)30-27-26(22-11-9-20(4)10-12-22)28(32)31(29(27)33)24-15-13-21(14-16-24)19(2)3/h6-16,18-19,30H,5,17H2,1-4H3. The predicted molar refractivity (Wildman–Crippen MR) is 137 cm³/mol. The predicted octanol–water partition coefficient (Wildman–Crippen LogP) is 6.30. The summed E-state index contributed by atoms with van der Waals surface area (Å²) in [5.74, 6) is 0.353. The van der Waals surface area contributed by atoms with Crippen LogP contribution in [-0.2, 0) is 9.59 Å². The summed E-state index contributed by atoms with van der Waals surface area (Å²) in [6, 6.07) is 22.7. The normalized spacial score (nSPS) is 13.7. The Labute approximate surface area is 201 Å². The number of carbonyl (C=O) groups excluding carboxylic acids is 2. The molecule has 3 aromatic rings. The van der Waals surface area contributed by atoms with Crippen molar-refractivity contribution in [3.63, 3.8) is 0 Å². The highest BCUT2D eigenvalue weighted by Gasteiger charge is 2.40. The molecule has 4 rings (SSSR count). The molecule has 5 nitrogen and oxygen atoms in total. The van der Waals surface area contributed by atoms with Gasteiger partial charge in [-0.15, -0.1) is 0 Å². The third kappa shape index (κ3) is 4.74. The Bertz CT molecular complexity index is 1220. The first-order valence-electron chi connectivity index (χ1n) is 11.7. The van der Waals surface area contributed by atoms with Gasteiger partial charge in [0.25, 0.3) is 11.8 Å². The van der Waals surface area contributed by atoms with Crippen molar-refractivity contribution in [2.45, 2.75) is 40.0 Å². The van der Waals surface area contributed by atoms with E-state index in [9.17, 15) is 9.59 Å². The van der Waals surface area contributed by atoms with E-state index in [-0.39, 0.29) is 17.5 Å². The Morgan fingerprint density at radius 3 is 2.26 bits per heavy atom. The first kappa shape index (κ1) is 23.3. The zero-order chi connectivity index (χ0) is 24.2. The Hall–Kier alpha value is -3.86. The number of ether oxygens (including phenoxy) is 1. The van der Waals surface area contributed by atoms with Gasteiger partial charge in [0, 0.05) is 11.8 Å². The van der Waals surface area contributed by atoms with Crippen LogP contribution >= 0.6 is 0 Å². The van der Waals surface area contributed by atoms with E-state index < -0.39 is 0 Å². The summed E-state index contributed by atoms with van der Waals surface area (Å²) in [7, 11) is 0. The molecular formula is C29H30N2O3. The Morgan fingerprint density at radius 2 is 1.62 bits per heavy atom. The van der Waals surface area contributed by atoms with E-state index in [2.05, 4.69) is 19.2 Å². The Kier molecular flexibility index (Phi) is 6.82. The van der Waals surface area contributed by atoms with Crippen LogP contribution < -0.4 is 15.0 Å². The summed E-state index contributed by atoms with van der Waals surface area (Å²) in [4.78, 5) is 28.5. The smallest absolute Gasteiger partial charge is 0.282 e. The highest BCUT2D eigenvalue weighted by Crippen LogP contribution is 2.35. The van der Waals surface area contributed by atoms with E-state index in [1.54, 1.807) is 0 Å². The number of aryl methyl sites for hydroxylation is 1. The lowest BCUT2D eigenvalue weighted by molar-refractivity contribution is -0.120. The topological polar surface area (TPSA) is 58.6 Å². The SMILES string of the molecule is CCCOc1cccc(NC2=C(c3ccc(C)cc3)C(=O)N(c3ccc(C(C)C)cc3)C2=O)c1. The molecule has 0 atom stereocenters. The van der Waals surface area contributed by atoms with Crippen LogP contribution in [0.15, 0.2) is 78.5 Å². The highest BCUT2D eigenvalue weighted by atomic mass is 16.5. The third-order valence-electron chi connectivity index (χ3n) is 5.82. The third-order valence-corrected chi connectivity index (χ3v) is 5.82. The largest absolute Gasteiger partial charge is 0.494 e. The quantitative estimate of drug-likeness (QED) is 0.406. The number of imide groups is 1. The maximum absolute atomic E-state index is 13.6. The van der Waals surface area contributed by atoms with Crippen LogP contribution in [0.3, 0.4) is 0 Å². The second kappa shape index (κ2) is 9.96. The van der Waals surface area contributed by atoms with Gasteiger partial charge in [-0.2, -0.15) is 0 Å². The minimum atomic E-state index is -0.377. The molecule has 174 valence electrons. The van der Waals surface area contributed by atoms with Crippen LogP contribution in [0.5, 0.6) is 5.75 Å². The molecule has 0 aromatic heterocycles. The number of anilines is 2. The summed E-state index contributed by atoms with van der Waals surface area (Å²) in [6.45, 7) is 8.87. The Balaban J connectivity index is 1.74. The van der Waals surface area contributed by atoms with Gasteiger partial charge in [0.05, 0.1) is 17.9 Å². The number of amides is 2. The van der Waals surface area contributed by atoms with Gasteiger partial charge in [0.1, 0.15) is 11.4 Å². The fourth-order valence-corrected chi connectivity index (χ4v) is 3.90. The average molecular weight is 455 g/mol. The summed E-state index contributed by atoms with van der Waals surface area (Å²) >= 11 is 0. The summed E-state index contributed by atoms with van der Waals surface area (Å²) in [6.07, 6.45) is 0.901. The maximum Gasteiger partial charge on any atom is 0.282 e. The van der Waals surface area contributed by atoms with Gasteiger partial charge in [0.15, 0.2) is 0 Å². The minimum Gasteiger partial charge on any atom is -0.494 e. The van der Waals surface area contributed by atoms with Crippen LogP contribution in [0.4, 0.5) is 11.4 Å². The number of carbonyl (C=O) groups is 2. The molecule has 0 radical (unpaired) electrons. The molecule has 0 spiro atoms. The molecule has 1 heterocycles. The number of nitrogens with one attached hydrogen (secondary N) is 1. The molecule has 34 heavy (non-hydrogen) atoms. The molecule has 2 amide bonds. The second-order valence-electron chi connectivity index (χ2n) is 8.81. The van der Waals surface area contributed by atoms with E-state index in [1.807, 2.05) is 86.6 Å². The van der Waals surface area contributed by atoms with Gasteiger partial charge < -0.3 is 10.1 Å². The van der Waals surface area contributed by atoms with E-state index in [4.69, 9.17) is 4.74 Å². The molecular weight excluding hydrogens is 424 g/mol. The lowest BCUT2D eigenvalue weighted by Gasteiger charge is -2.16.